The second-order valence-electron chi connectivity index (χ2n) is 4.20. The van der Waals surface area contributed by atoms with Gasteiger partial charge >= 0.3 is 0 Å². The molecule has 5 nitrogen and oxygen atoms in total. The highest BCUT2D eigenvalue weighted by Crippen LogP contribution is 2.17. The van der Waals surface area contributed by atoms with E-state index in [9.17, 15) is 4.79 Å². The summed E-state index contributed by atoms with van der Waals surface area (Å²) < 4.78 is 5.30. The maximum absolute atomic E-state index is 12.5. The number of anilines is 1. The molecule has 0 aliphatic heterocycles. The van der Waals surface area contributed by atoms with Crippen LogP contribution in [-0.2, 0) is 4.74 Å². The number of carbonyl (C=O) groups excluding carboxylic acids is 1. The Balaban J connectivity index is 2.84. The molecule has 0 aliphatic rings. The lowest BCUT2D eigenvalue weighted by Gasteiger charge is -2.22. The van der Waals surface area contributed by atoms with Crippen molar-refractivity contribution in [3.63, 3.8) is 0 Å². The molecule has 0 unspecified atom stereocenters. The number of aromatic nitrogens is 1. The monoisotopic (exact) mass is 265 g/mol. The molecule has 1 N–H and O–H groups in total. The van der Waals surface area contributed by atoms with Gasteiger partial charge in [0.25, 0.3) is 5.91 Å². The van der Waals surface area contributed by atoms with E-state index in [0.29, 0.717) is 31.9 Å². The van der Waals surface area contributed by atoms with Gasteiger partial charge in [0.15, 0.2) is 0 Å². The molecular formula is C14H23N3O2. The van der Waals surface area contributed by atoms with Crippen LogP contribution in [0.4, 0.5) is 5.69 Å². The topological polar surface area (TPSA) is 54.5 Å². The van der Waals surface area contributed by atoms with Crippen molar-refractivity contribution in [2.45, 2.75) is 20.8 Å². The van der Waals surface area contributed by atoms with Crippen LogP contribution in [0.1, 0.15) is 29.9 Å². The van der Waals surface area contributed by atoms with E-state index in [1.807, 2.05) is 33.9 Å². The highest BCUT2D eigenvalue weighted by Gasteiger charge is 2.17. The number of hydrogen-bond acceptors (Lipinski definition) is 4. The Bertz CT molecular complexity index is 421. The number of pyridine rings is 1. The first-order chi connectivity index (χ1) is 9.13. The van der Waals surface area contributed by atoms with Gasteiger partial charge in [0.2, 0.25) is 0 Å². The fourth-order valence-electron chi connectivity index (χ4n) is 1.83. The minimum absolute atomic E-state index is 0.0148. The summed E-state index contributed by atoms with van der Waals surface area (Å²) in [5.74, 6) is -0.0148. The van der Waals surface area contributed by atoms with Crippen LogP contribution >= 0.6 is 0 Å². The van der Waals surface area contributed by atoms with E-state index >= 15 is 0 Å². The summed E-state index contributed by atoms with van der Waals surface area (Å²) in [5, 5.41) is 3.04. The molecule has 5 heteroatoms. The summed E-state index contributed by atoms with van der Waals surface area (Å²) in [6.45, 7) is 8.29. The second kappa shape index (κ2) is 7.74. The smallest absolute Gasteiger partial charge is 0.257 e. The van der Waals surface area contributed by atoms with Crippen LogP contribution in [0.5, 0.6) is 0 Å². The molecule has 1 aromatic rings. The number of ether oxygens (including phenoxy) is 1. The van der Waals surface area contributed by atoms with E-state index in [1.54, 1.807) is 11.1 Å². The van der Waals surface area contributed by atoms with Crippen LogP contribution in [-0.4, -0.2) is 49.1 Å². The normalized spacial score (nSPS) is 10.3. The van der Waals surface area contributed by atoms with Crippen molar-refractivity contribution < 1.29 is 9.53 Å². The predicted molar refractivity (Wildman–Crippen MR) is 76.6 cm³/mol. The molecule has 0 saturated heterocycles. The van der Waals surface area contributed by atoms with Crippen molar-refractivity contribution in [3.05, 3.63) is 23.5 Å². The summed E-state index contributed by atoms with van der Waals surface area (Å²) in [6, 6.07) is 1.88. The SMILES string of the molecule is CCOCCN(CC)C(=O)c1cnc(C)cc1NC. The maximum atomic E-state index is 12.5. The van der Waals surface area contributed by atoms with E-state index in [4.69, 9.17) is 4.74 Å². The van der Waals surface area contributed by atoms with Crippen LogP contribution in [0.15, 0.2) is 12.3 Å². The molecular weight excluding hydrogens is 242 g/mol. The molecule has 1 rings (SSSR count). The van der Waals surface area contributed by atoms with Gasteiger partial charge in [-0.05, 0) is 26.8 Å². The number of likely N-dealkylation sites (N-methyl/N-ethyl adjacent to an activating group) is 1. The number of hydrogen-bond donors (Lipinski definition) is 1. The number of aryl methyl sites for hydroxylation is 1. The van der Waals surface area contributed by atoms with Crippen molar-refractivity contribution in [2.24, 2.45) is 0 Å². The fourth-order valence-corrected chi connectivity index (χ4v) is 1.83. The standard InChI is InChI=1S/C14H23N3O2/c1-5-17(7-8-19-6-2)14(18)12-10-16-11(3)9-13(12)15-4/h9-10H,5-8H2,1-4H3,(H,15,16). The van der Waals surface area contributed by atoms with E-state index < -0.39 is 0 Å². The Morgan fingerprint density at radius 1 is 1.47 bits per heavy atom. The molecule has 1 amide bonds. The summed E-state index contributed by atoms with van der Waals surface area (Å²) in [7, 11) is 1.81. The Labute approximate surface area is 115 Å². The van der Waals surface area contributed by atoms with Gasteiger partial charge in [-0.2, -0.15) is 0 Å². The van der Waals surface area contributed by atoms with E-state index in [-0.39, 0.29) is 5.91 Å². The van der Waals surface area contributed by atoms with Crippen LogP contribution in [0.2, 0.25) is 0 Å². The summed E-state index contributed by atoms with van der Waals surface area (Å²) in [5.41, 5.74) is 2.30. The second-order valence-corrected chi connectivity index (χ2v) is 4.20. The third-order valence-electron chi connectivity index (χ3n) is 2.92. The van der Waals surface area contributed by atoms with Gasteiger partial charge in [0.1, 0.15) is 0 Å². The maximum Gasteiger partial charge on any atom is 0.257 e. The number of carbonyl (C=O) groups is 1. The molecule has 0 spiro atoms. The van der Waals surface area contributed by atoms with E-state index in [1.165, 1.54) is 0 Å². The van der Waals surface area contributed by atoms with Gasteiger partial charge in [-0.1, -0.05) is 0 Å². The first kappa shape index (κ1) is 15.4. The summed E-state index contributed by atoms with van der Waals surface area (Å²) >= 11 is 0. The Hall–Kier alpha value is -1.62. The lowest BCUT2D eigenvalue weighted by Crippen LogP contribution is -2.34. The van der Waals surface area contributed by atoms with Gasteiger partial charge in [-0.25, -0.2) is 0 Å². The van der Waals surface area contributed by atoms with Crippen molar-refractivity contribution in [1.29, 1.82) is 0 Å². The van der Waals surface area contributed by atoms with E-state index in [0.717, 1.165) is 11.4 Å². The lowest BCUT2D eigenvalue weighted by atomic mass is 10.2. The summed E-state index contributed by atoms with van der Waals surface area (Å²) in [4.78, 5) is 18.4. The minimum Gasteiger partial charge on any atom is -0.387 e. The van der Waals surface area contributed by atoms with Crippen molar-refractivity contribution in [3.8, 4) is 0 Å². The molecule has 0 atom stereocenters. The quantitative estimate of drug-likeness (QED) is 0.765. The highest BCUT2D eigenvalue weighted by molar-refractivity contribution is 5.99. The van der Waals surface area contributed by atoms with Gasteiger partial charge in [-0.3, -0.25) is 9.78 Å². The average molecular weight is 265 g/mol. The molecule has 19 heavy (non-hydrogen) atoms. The molecule has 0 bridgehead atoms. The molecule has 1 aromatic heterocycles. The van der Waals surface area contributed by atoms with Crippen LogP contribution < -0.4 is 5.32 Å². The zero-order valence-electron chi connectivity index (χ0n) is 12.2. The number of rotatable bonds is 7. The summed E-state index contributed by atoms with van der Waals surface area (Å²) in [6.07, 6.45) is 1.63. The number of nitrogens with one attached hydrogen (secondary N) is 1. The minimum atomic E-state index is -0.0148. The lowest BCUT2D eigenvalue weighted by molar-refractivity contribution is 0.0669. The number of amides is 1. The molecule has 106 valence electrons. The number of nitrogens with zero attached hydrogens (tertiary/aromatic N) is 2. The molecule has 0 fully saturated rings. The van der Waals surface area contributed by atoms with E-state index in [2.05, 4.69) is 10.3 Å². The zero-order chi connectivity index (χ0) is 14.3. The van der Waals surface area contributed by atoms with Crippen molar-refractivity contribution in [1.82, 2.24) is 9.88 Å². The average Bonchev–Trinajstić information content (AvgIpc) is 2.43. The zero-order valence-corrected chi connectivity index (χ0v) is 12.2. The molecule has 0 aliphatic carbocycles. The van der Waals surface area contributed by atoms with Gasteiger partial charge in [-0.15, -0.1) is 0 Å². The third kappa shape index (κ3) is 4.21. The molecule has 0 saturated carbocycles. The van der Waals surface area contributed by atoms with Crippen LogP contribution in [0.3, 0.4) is 0 Å². The Morgan fingerprint density at radius 2 is 2.21 bits per heavy atom. The Morgan fingerprint density at radius 3 is 2.79 bits per heavy atom. The Kier molecular flexibility index (Phi) is 6.29. The van der Waals surface area contributed by atoms with Crippen LogP contribution in [0.25, 0.3) is 0 Å². The third-order valence-corrected chi connectivity index (χ3v) is 2.92. The van der Waals surface area contributed by atoms with Gasteiger partial charge in [0, 0.05) is 38.6 Å². The van der Waals surface area contributed by atoms with Crippen molar-refractivity contribution >= 4 is 11.6 Å². The molecule has 0 radical (unpaired) electrons. The highest BCUT2D eigenvalue weighted by atomic mass is 16.5. The molecule has 1 heterocycles. The van der Waals surface area contributed by atoms with Crippen LogP contribution in [0, 0.1) is 6.92 Å². The first-order valence-corrected chi connectivity index (χ1v) is 6.65. The van der Waals surface area contributed by atoms with Crippen molar-refractivity contribution in [2.75, 3.05) is 38.7 Å². The fraction of sp³-hybridized carbons (Fsp3) is 0.571. The largest absolute Gasteiger partial charge is 0.387 e. The predicted octanol–water partition coefficient (Wildman–Crippen LogP) is 1.93. The van der Waals surface area contributed by atoms with Gasteiger partial charge in [0.05, 0.1) is 17.9 Å². The van der Waals surface area contributed by atoms with Gasteiger partial charge < -0.3 is 15.0 Å². The first-order valence-electron chi connectivity index (χ1n) is 6.65. The molecule has 0 aromatic carbocycles.